The molecule has 0 atom stereocenters. The zero-order valence-corrected chi connectivity index (χ0v) is 6.99. The fourth-order valence-corrected chi connectivity index (χ4v) is 1.53. The Balaban J connectivity index is 2.62. The van der Waals surface area contributed by atoms with Gasteiger partial charge in [0.15, 0.2) is 0 Å². The largest absolute Gasteiger partial charge is 0.506 e. The maximum Gasteiger partial charge on any atom is 0.139 e. The second-order valence-electron chi connectivity index (χ2n) is 3.00. The number of nitrogens with zero attached hydrogens (tertiary/aromatic N) is 1. The molecule has 1 N–H and O–H groups in total. The van der Waals surface area contributed by atoms with E-state index in [2.05, 4.69) is 6.08 Å². The molecule has 2 rings (SSSR count). The van der Waals surface area contributed by atoms with Crippen LogP contribution in [0.25, 0.3) is 6.08 Å². The molecule has 1 aromatic carbocycles. The van der Waals surface area contributed by atoms with Gasteiger partial charge in [-0.1, -0.05) is 24.3 Å². The topological polar surface area (TPSA) is 23.5 Å². The fourth-order valence-electron chi connectivity index (χ4n) is 1.53. The van der Waals surface area contributed by atoms with Crippen molar-refractivity contribution in [3.05, 3.63) is 29.8 Å². The highest BCUT2D eigenvalue weighted by Crippen LogP contribution is 2.33. The summed E-state index contributed by atoms with van der Waals surface area (Å²) in [6.45, 7) is 0.866. The Kier molecular flexibility index (Phi) is 1.54. The van der Waals surface area contributed by atoms with Crippen molar-refractivity contribution in [3.63, 3.8) is 0 Å². The first kappa shape index (κ1) is 7.22. The molecule has 1 aliphatic heterocycles. The maximum absolute atomic E-state index is 9.55. The van der Waals surface area contributed by atoms with Crippen LogP contribution in [0.4, 0.5) is 5.69 Å². The lowest BCUT2D eigenvalue weighted by Gasteiger charge is -2.24. The molecule has 62 valence electrons. The molecule has 1 aliphatic rings. The third-order valence-electron chi connectivity index (χ3n) is 2.10. The lowest BCUT2D eigenvalue weighted by Crippen LogP contribution is -2.20. The van der Waals surface area contributed by atoms with E-state index in [4.69, 9.17) is 0 Å². The number of benzene rings is 1. The normalized spacial score (nSPS) is 14.6. The lowest BCUT2D eigenvalue weighted by molar-refractivity contribution is 0.475. The van der Waals surface area contributed by atoms with Crippen LogP contribution in [0, 0.1) is 0 Å². The van der Waals surface area contributed by atoms with E-state index in [0.717, 1.165) is 17.8 Å². The van der Waals surface area contributed by atoms with Crippen molar-refractivity contribution >= 4 is 11.8 Å². The Morgan fingerprint density at radius 1 is 1.42 bits per heavy atom. The number of hydrogen-bond donors (Lipinski definition) is 1. The van der Waals surface area contributed by atoms with Gasteiger partial charge in [0, 0.05) is 19.2 Å². The molecule has 1 heterocycles. The number of aromatic hydroxyl groups is 1. The molecule has 0 saturated heterocycles. The first-order chi connectivity index (χ1) is 5.79. The summed E-state index contributed by atoms with van der Waals surface area (Å²) in [6.07, 6.45) is 4.12. The van der Waals surface area contributed by atoms with Crippen LogP contribution in [-0.2, 0) is 0 Å². The van der Waals surface area contributed by atoms with E-state index >= 15 is 0 Å². The summed E-state index contributed by atoms with van der Waals surface area (Å²) in [5.41, 5.74) is 2.02. The highest BCUT2D eigenvalue weighted by molar-refractivity contribution is 5.75. The second-order valence-corrected chi connectivity index (χ2v) is 3.00. The number of fused-ring (bicyclic) bond motifs is 1. The van der Waals surface area contributed by atoms with Gasteiger partial charge in [0.05, 0.1) is 5.69 Å². The lowest BCUT2D eigenvalue weighted by atomic mass is 10.1. The SMILES string of the molecule is CN1CC=Cc2cccc(O)c21. The van der Waals surface area contributed by atoms with Crippen LogP contribution >= 0.6 is 0 Å². The van der Waals surface area contributed by atoms with Gasteiger partial charge in [-0.3, -0.25) is 0 Å². The van der Waals surface area contributed by atoms with Crippen LogP contribution in [0.2, 0.25) is 0 Å². The van der Waals surface area contributed by atoms with Crippen molar-refractivity contribution in [2.45, 2.75) is 0 Å². The predicted molar refractivity (Wildman–Crippen MR) is 50.4 cm³/mol. The summed E-state index contributed by atoms with van der Waals surface area (Å²) in [7, 11) is 1.97. The highest BCUT2D eigenvalue weighted by atomic mass is 16.3. The van der Waals surface area contributed by atoms with Gasteiger partial charge in [-0.2, -0.15) is 0 Å². The molecule has 0 saturated carbocycles. The van der Waals surface area contributed by atoms with E-state index < -0.39 is 0 Å². The van der Waals surface area contributed by atoms with Crippen LogP contribution in [0.15, 0.2) is 24.3 Å². The molecule has 0 radical (unpaired) electrons. The van der Waals surface area contributed by atoms with Crippen molar-refractivity contribution in [1.82, 2.24) is 0 Å². The molecule has 0 fully saturated rings. The van der Waals surface area contributed by atoms with E-state index in [1.165, 1.54) is 0 Å². The molecule has 1 aromatic rings. The second kappa shape index (κ2) is 2.55. The standard InChI is InChI=1S/C10H11NO/c1-11-7-3-5-8-4-2-6-9(12)10(8)11/h2-6,12H,7H2,1H3. The van der Waals surface area contributed by atoms with Gasteiger partial charge in [0.2, 0.25) is 0 Å². The molecule has 2 nitrogen and oxygen atoms in total. The van der Waals surface area contributed by atoms with E-state index in [1.807, 2.05) is 30.2 Å². The minimum atomic E-state index is 0.361. The van der Waals surface area contributed by atoms with Crippen LogP contribution in [0.1, 0.15) is 5.56 Å². The van der Waals surface area contributed by atoms with Crippen LogP contribution in [-0.4, -0.2) is 18.7 Å². The maximum atomic E-state index is 9.55. The van der Waals surface area contributed by atoms with E-state index in [0.29, 0.717) is 5.75 Å². The fraction of sp³-hybridized carbons (Fsp3) is 0.200. The number of anilines is 1. The molecule has 0 unspecified atom stereocenters. The number of rotatable bonds is 0. The first-order valence-corrected chi connectivity index (χ1v) is 3.98. The van der Waals surface area contributed by atoms with Gasteiger partial charge in [0.1, 0.15) is 5.75 Å². The summed E-state index contributed by atoms with van der Waals surface area (Å²) in [5.74, 6) is 0.361. The molecule has 0 spiro atoms. The van der Waals surface area contributed by atoms with E-state index in [-0.39, 0.29) is 0 Å². The molecule has 0 aliphatic carbocycles. The van der Waals surface area contributed by atoms with Crippen molar-refractivity contribution < 1.29 is 5.11 Å². The molecule has 0 aromatic heterocycles. The average Bonchev–Trinajstić information content (AvgIpc) is 2.04. The molecule has 12 heavy (non-hydrogen) atoms. The minimum absolute atomic E-state index is 0.361. The predicted octanol–water partition coefficient (Wildman–Crippen LogP) is 1.86. The quantitative estimate of drug-likeness (QED) is 0.627. The Bertz CT molecular complexity index is 331. The Hall–Kier alpha value is -1.44. The van der Waals surface area contributed by atoms with Crippen molar-refractivity contribution in [1.29, 1.82) is 0 Å². The molecule has 0 amide bonds. The summed E-state index contributed by atoms with van der Waals surface area (Å²) in [5, 5.41) is 9.55. The molecule has 0 bridgehead atoms. The Labute approximate surface area is 71.7 Å². The van der Waals surface area contributed by atoms with Gasteiger partial charge in [0.25, 0.3) is 0 Å². The minimum Gasteiger partial charge on any atom is -0.506 e. The smallest absolute Gasteiger partial charge is 0.139 e. The summed E-state index contributed by atoms with van der Waals surface area (Å²) in [4.78, 5) is 2.03. The molecular weight excluding hydrogens is 150 g/mol. The van der Waals surface area contributed by atoms with Crippen LogP contribution < -0.4 is 4.90 Å². The van der Waals surface area contributed by atoms with Crippen molar-refractivity contribution in [3.8, 4) is 5.75 Å². The van der Waals surface area contributed by atoms with Crippen LogP contribution in [0.3, 0.4) is 0 Å². The monoisotopic (exact) mass is 161 g/mol. The van der Waals surface area contributed by atoms with Crippen molar-refractivity contribution in [2.24, 2.45) is 0 Å². The van der Waals surface area contributed by atoms with Gasteiger partial charge < -0.3 is 10.0 Å². The van der Waals surface area contributed by atoms with Gasteiger partial charge in [-0.05, 0) is 6.07 Å². The summed E-state index contributed by atoms with van der Waals surface area (Å²) in [6, 6.07) is 5.58. The number of phenolic OH excluding ortho intramolecular Hbond substituents is 1. The highest BCUT2D eigenvalue weighted by Gasteiger charge is 2.12. The number of para-hydroxylation sites is 1. The number of hydrogen-bond acceptors (Lipinski definition) is 2. The zero-order chi connectivity index (χ0) is 8.55. The average molecular weight is 161 g/mol. The third kappa shape index (κ3) is 0.961. The molecular formula is C10H11NO. The van der Waals surface area contributed by atoms with Crippen molar-refractivity contribution in [2.75, 3.05) is 18.5 Å². The van der Waals surface area contributed by atoms with Gasteiger partial charge in [-0.25, -0.2) is 0 Å². The number of phenols is 1. The molecule has 2 heteroatoms. The number of likely N-dealkylation sites (N-methyl/N-ethyl adjacent to an activating group) is 1. The Morgan fingerprint density at radius 3 is 3.00 bits per heavy atom. The van der Waals surface area contributed by atoms with E-state index in [1.54, 1.807) is 6.07 Å². The van der Waals surface area contributed by atoms with Gasteiger partial charge in [-0.15, -0.1) is 0 Å². The summed E-state index contributed by atoms with van der Waals surface area (Å²) < 4.78 is 0. The van der Waals surface area contributed by atoms with Gasteiger partial charge >= 0.3 is 0 Å². The van der Waals surface area contributed by atoms with E-state index in [9.17, 15) is 5.11 Å². The zero-order valence-electron chi connectivity index (χ0n) is 6.99. The Morgan fingerprint density at radius 2 is 2.25 bits per heavy atom. The first-order valence-electron chi connectivity index (χ1n) is 3.98. The summed E-state index contributed by atoms with van der Waals surface area (Å²) >= 11 is 0. The third-order valence-corrected chi connectivity index (χ3v) is 2.10. The van der Waals surface area contributed by atoms with Crippen LogP contribution in [0.5, 0.6) is 5.75 Å².